The molecule has 0 saturated carbocycles. The summed E-state index contributed by atoms with van der Waals surface area (Å²) in [7, 11) is -8.19. The average molecular weight is 447 g/mol. The highest BCUT2D eigenvalue weighted by Gasteiger charge is 2.22. The van der Waals surface area contributed by atoms with E-state index in [2.05, 4.69) is 0 Å². The van der Waals surface area contributed by atoms with Crippen molar-refractivity contribution in [2.45, 2.75) is 37.5 Å². The molecule has 0 unspecified atom stereocenters. The van der Waals surface area contributed by atoms with E-state index in [1.165, 1.54) is 36.4 Å². The highest BCUT2D eigenvalue weighted by Crippen LogP contribution is 2.28. The van der Waals surface area contributed by atoms with Crippen molar-refractivity contribution in [3.8, 4) is 11.5 Å². The van der Waals surface area contributed by atoms with Gasteiger partial charge in [0.15, 0.2) is 0 Å². The maximum Gasteiger partial charge on any atom is 0.339 e. The molecule has 0 bridgehead atoms. The lowest BCUT2D eigenvalue weighted by atomic mass is 10.2. The van der Waals surface area contributed by atoms with Crippen LogP contribution < -0.4 is 8.37 Å². The van der Waals surface area contributed by atoms with Crippen LogP contribution in [0.25, 0.3) is 0 Å². The Balaban J connectivity index is 1.90. The smallest absolute Gasteiger partial charge is 0.339 e. The first kappa shape index (κ1) is 21.9. The Labute approximate surface area is 177 Å². The van der Waals surface area contributed by atoms with E-state index in [-0.39, 0.29) is 21.3 Å². The minimum Gasteiger partial charge on any atom is -0.379 e. The highest BCUT2D eigenvalue weighted by atomic mass is 32.2. The molecule has 0 aromatic heterocycles. The van der Waals surface area contributed by atoms with E-state index in [0.29, 0.717) is 11.1 Å². The van der Waals surface area contributed by atoms with Crippen LogP contribution in [-0.2, 0) is 20.2 Å². The van der Waals surface area contributed by atoms with E-state index in [1.54, 1.807) is 52.0 Å². The zero-order valence-corrected chi connectivity index (χ0v) is 18.7. The number of aryl methyl sites for hydroxylation is 4. The van der Waals surface area contributed by atoms with Crippen molar-refractivity contribution in [1.29, 1.82) is 0 Å². The van der Waals surface area contributed by atoms with Crippen LogP contribution in [-0.4, -0.2) is 16.8 Å². The van der Waals surface area contributed by atoms with Crippen molar-refractivity contribution in [3.63, 3.8) is 0 Å². The third-order valence-corrected chi connectivity index (χ3v) is 7.22. The molecule has 0 atom stereocenters. The molecule has 0 heterocycles. The minimum atomic E-state index is -4.10. The molecule has 8 heteroatoms. The summed E-state index contributed by atoms with van der Waals surface area (Å²) in [5, 5.41) is 0. The van der Waals surface area contributed by atoms with Gasteiger partial charge in [-0.25, -0.2) is 0 Å². The van der Waals surface area contributed by atoms with Gasteiger partial charge in [0.1, 0.15) is 21.3 Å². The van der Waals surface area contributed by atoms with Gasteiger partial charge in [-0.2, -0.15) is 16.8 Å². The second-order valence-corrected chi connectivity index (χ2v) is 10.1. The summed E-state index contributed by atoms with van der Waals surface area (Å²) in [5.74, 6) is -0.103. The fraction of sp³-hybridized carbons (Fsp3) is 0.182. The molecule has 0 aliphatic heterocycles. The predicted octanol–water partition coefficient (Wildman–Crippen LogP) is 4.46. The summed E-state index contributed by atoms with van der Waals surface area (Å²) >= 11 is 0. The first-order valence-electron chi connectivity index (χ1n) is 9.11. The Morgan fingerprint density at radius 2 is 0.967 bits per heavy atom. The SMILES string of the molecule is Cc1ccc(C)c(S(=O)(=O)Oc2cccc(OS(=O)(=O)c3cc(C)ccc3C)c2)c1. The van der Waals surface area contributed by atoms with E-state index in [4.69, 9.17) is 8.37 Å². The quantitative estimate of drug-likeness (QED) is 0.520. The Morgan fingerprint density at radius 1 is 0.567 bits per heavy atom. The maximum absolute atomic E-state index is 12.7. The minimum absolute atomic E-state index is 0.0513. The maximum atomic E-state index is 12.7. The lowest BCUT2D eigenvalue weighted by Crippen LogP contribution is -2.13. The zero-order valence-electron chi connectivity index (χ0n) is 17.0. The molecule has 0 radical (unpaired) electrons. The van der Waals surface area contributed by atoms with Crippen molar-refractivity contribution >= 4 is 20.2 Å². The molecule has 0 fully saturated rings. The number of hydrogen-bond acceptors (Lipinski definition) is 6. The fourth-order valence-corrected chi connectivity index (χ4v) is 5.35. The van der Waals surface area contributed by atoms with Crippen LogP contribution in [0.3, 0.4) is 0 Å². The van der Waals surface area contributed by atoms with Crippen LogP contribution in [0, 0.1) is 27.7 Å². The van der Waals surface area contributed by atoms with Crippen LogP contribution >= 0.6 is 0 Å². The van der Waals surface area contributed by atoms with Crippen molar-refractivity contribution in [2.24, 2.45) is 0 Å². The molecule has 0 N–H and O–H groups in total. The third kappa shape index (κ3) is 4.83. The van der Waals surface area contributed by atoms with Crippen LogP contribution in [0.1, 0.15) is 22.3 Å². The largest absolute Gasteiger partial charge is 0.379 e. The van der Waals surface area contributed by atoms with Crippen molar-refractivity contribution in [3.05, 3.63) is 82.9 Å². The second kappa shape index (κ2) is 8.12. The zero-order chi connectivity index (χ0) is 22.1. The molecule has 0 spiro atoms. The van der Waals surface area contributed by atoms with Crippen LogP contribution in [0.15, 0.2) is 70.5 Å². The standard InChI is InChI=1S/C22H22O6S2/c1-15-8-10-17(3)21(12-15)29(23,24)27-19-6-5-7-20(14-19)28-30(25,26)22-13-16(2)9-11-18(22)4/h5-14H,1-4H3. The molecular weight excluding hydrogens is 424 g/mol. The first-order chi connectivity index (χ1) is 14.0. The molecule has 0 aliphatic rings. The summed E-state index contributed by atoms with van der Waals surface area (Å²) in [6, 6.07) is 15.6. The van der Waals surface area contributed by atoms with Crippen molar-refractivity contribution in [2.75, 3.05) is 0 Å². The topological polar surface area (TPSA) is 86.7 Å². The van der Waals surface area contributed by atoms with Gasteiger partial charge in [0, 0.05) is 6.07 Å². The van der Waals surface area contributed by atoms with Gasteiger partial charge >= 0.3 is 20.2 Å². The molecule has 3 aromatic carbocycles. The van der Waals surface area contributed by atoms with Gasteiger partial charge in [0.2, 0.25) is 0 Å². The lowest BCUT2D eigenvalue weighted by Gasteiger charge is -2.12. The average Bonchev–Trinajstić information content (AvgIpc) is 2.65. The molecular formula is C22H22O6S2. The summed E-state index contributed by atoms with van der Waals surface area (Å²) in [6.07, 6.45) is 0. The Kier molecular flexibility index (Phi) is 5.92. The summed E-state index contributed by atoms with van der Waals surface area (Å²) in [5.41, 5.74) is 2.65. The van der Waals surface area contributed by atoms with Gasteiger partial charge in [0.25, 0.3) is 0 Å². The highest BCUT2D eigenvalue weighted by molar-refractivity contribution is 7.87. The molecule has 0 amide bonds. The van der Waals surface area contributed by atoms with Crippen LogP contribution in [0.5, 0.6) is 11.5 Å². The molecule has 158 valence electrons. The Morgan fingerprint density at radius 3 is 1.37 bits per heavy atom. The van der Waals surface area contributed by atoms with E-state index in [9.17, 15) is 16.8 Å². The summed E-state index contributed by atoms with van der Waals surface area (Å²) < 4.78 is 61.2. The fourth-order valence-electron chi connectivity index (χ4n) is 2.87. The van der Waals surface area contributed by atoms with Gasteiger partial charge in [-0.05, 0) is 74.2 Å². The summed E-state index contributed by atoms with van der Waals surface area (Å²) in [6.45, 7) is 6.91. The van der Waals surface area contributed by atoms with Crippen molar-refractivity contribution < 1.29 is 25.2 Å². The van der Waals surface area contributed by atoms with Gasteiger partial charge < -0.3 is 8.37 Å². The molecule has 3 rings (SSSR count). The van der Waals surface area contributed by atoms with Gasteiger partial charge in [-0.1, -0.05) is 30.3 Å². The van der Waals surface area contributed by atoms with Gasteiger partial charge in [-0.15, -0.1) is 0 Å². The number of hydrogen-bond donors (Lipinski definition) is 0. The molecule has 6 nitrogen and oxygen atoms in total. The van der Waals surface area contributed by atoms with Crippen LogP contribution in [0.2, 0.25) is 0 Å². The van der Waals surface area contributed by atoms with E-state index < -0.39 is 20.2 Å². The summed E-state index contributed by atoms with van der Waals surface area (Å²) in [4.78, 5) is 0.105. The Bertz CT molecular complexity index is 1210. The number of benzene rings is 3. The van der Waals surface area contributed by atoms with Gasteiger partial charge in [0.05, 0.1) is 0 Å². The third-order valence-electron chi connectivity index (χ3n) is 4.44. The van der Waals surface area contributed by atoms with Crippen LogP contribution in [0.4, 0.5) is 0 Å². The molecule has 3 aromatic rings. The van der Waals surface area contributed by atoms with E-state index in [1.807, 2.05) is 0 Å². The predicted molar refractivity (Wildman–Crippen MR) is 114 cm³/mol. The molecule has 30 heavy (non-hydrogen) atoms. The lowest BCUT2D eigenvalue weighted by molar-refractivity contribution is 0.476. The van der Waals surface area contributed by atoms with Crippen molar-refractivity contribution in [1.82, 2.24) is 0 Å². The number of rotatable bonds is 6. The normalized spacial score (nSPS) is 11.9. The Hall–Kier alpha value is -2.84. The van der Waals surface area contributed by atoms with Gasteiger partial charge in [-0.3, -0.25) is 0 Å². The monoisotopic (exact) mass is 446 g/mol. The molecule has 0 saturated heterocycles. The second-order valence-electron chi connectivity index (χ2n) is 7.09. The van der Waals surface area contributed by atoms with E-state index in [0.717, 1.165) is 11.1 Å². The molecule has 0 aliphatic carbocycles. The van der Waals surface area contributed by atoms with E-state index >= 15 is 0 Å². The first-order valence-corrected chi connectivity index (χ1v) is 11.9.